The average Bonchev–Trinajstić information content (AvgIpc) is 3.18. The number of hydrogen-bond donors (Lipinski definition) is 1. The van der Waals surface area contributed by atoms with Crippen LogP contribution >= 0.6 is 0 Å². The lowest BCUT2D eigenvalue weighted by Gasteiger charge is -2.47. The zero-order valence-corrected chi connectivity index (χ0v) is 20.6. The molecule has 1 aromatic heterocycles. The van der Waals surface area contributed by atoms with Gasteiger partial charge in [-0.05, 0) is 51.6 Å². The van der Waals surface area contributed by atoms with E-state index in [1.807, 2.05) is 23.9 Å². The number of rotatable bonds is 9. The van der Waals surface area contributed by atoms with Gasteiger partial charge in [0.15, 0.2) is 28.8 Å². The number of aromatic nitrogens is 1. The molecule has 8 nitrogen and oxygen atoms in total. The fraction of sp³-hybridized carbons (Fsp3) is 0.600. The highest BCUT2D eigenvalue weighted by atomic mass is 19.1. The first kappa shape index (κ1) is 24.0. The van der Waals surface area contributed by atoms with E-state index in [9.17, 15) is 13.6 Å². The molecule has 5 rings (SSSR count). The Labute approximate surface area is 203 Å². The van der Waals surface area contributed by atoms with Crippen molar-refractivity contribution in [2.24, 2.45) is 11.8 Å². The predicted octanol–water partition coefficient (Wildman–Crippen LogP) is 4.06. The molecule has 3 atom stereocenters. The summed E-state index contributed by atoms with van der Waals surface area (Å²) in [6, 6.07) is 2.47. The quantitative estimate of drug-likeness (QED) is 0.568. The molecule has 0 bridgehead atoms. The molecule has 2 heterocycles. The van der Waals surface area contributed by atoms with Crippen LogP contribution in [0.5, 0.6) is 5.75 Å². The van der Waals surface area contributed by atoms with Gasteiger partial charge in [-0.3, -0.25) is 4.79 Å². The molecule has 2 aliphatic carbocycles. The SMILES string of the molecule is CCC1(OC)CN(c2nc(C(=O)Nc3cc(F)c(OC4CC5C[C@H]5C4)c(F)c3)c(CN(C)C)o2)C1. The van der Waals surface area contributed by atoms with Crippen LogP contribution in [-0.2, 0) is 11.3 Å². The third-order valence-corrected chi connectivity index (χ3v) is 7.41. The summed E-state index contributed by atoms with van der Waals surface area (Å²) in [6.07, 6.45) is 3.56. The summed E-state index contributed by atoms with van der Waals surface area (Å²) in [4.78, 5) is 21.2. The minimum Gasteiger partial charge on any atom is -0.484 e. The normalized spacial score (nSPS) is 24.3. The summed E-state index contributed by atoms with van der Waals surface area (Å²) >= 11 is 0. The number of ether oxygens (including phenoxy) is 2. The van der Waals surface area contributed by atoms with Crippen LogP contribution in [0.2, 0.25) is 0 Å². The number of carbonyl (C=O) groups excluding carboxylic acids is 1. The molecule has 1 N–H and O–H groups in total. The number of carbonyl (C=O) groups is 1. The zero-order chi connectivity index (χ0) is 24.9. The molecule has 1 aliphatic heterocycles. The first-order valence-corrected chi connectivity index (χ1v) is 12.1. The lowest BCUT2D eigenvalue weighted by atomic mass is 9.91. The lowest BCUT2D eigenvalue weighted by molar-refractivity contribution is -0.0379. The molecule has 0 spiro atoms. The number of halogens is 2. The molecule has 1 saturated heterocycles. The molecule has 2 saturated carbocycles. The van der Waals surface area contributed by atoms with E-state index in [-0.39, 0.29) is 28.8 Å². The van der Waals surface area contributed by atoms with Gasteiger partial charge in [-0.1, -0.05) is 6.92 Å². The summed E-state index contributed by atoms with van der Waals surface area (Å²) < 4.78 is 46.5. The van der Waals surface area contributed by atoms with Gasteiger partial charge in [-0.25, -0.2) is 8.78 Å². The van der Waals surface area contributed by atoms with Crippen LogP contribution in [0.1, 0.15) is 48.9 Å². The Kier molecular flexibility index (Phi) is 6.21. The third-order valence-electron chi connectivity index (χ3n) is 7.41. The summed E-state index contributed by atoms with van der Waals surface area (Å²) in [5.41, 5.74) is -0.192. The maximum Gasteiger partial charge on any atom is 0.298 e. The van der Waals surface area contributed by atoms with Crippen LogP contribution in [-0.4, -0.2) is 61.8 Å². The molecule has 1 aromatic carbocycles. The summed E-state index contributed by atoms with van der Waals surface area (Å²) in [6.45, 7) is 3.59. The number of methoxy groups -OCH3 is 1. The van der Waals surface area contributed by atoms with Crippen molar-refractivity contribution in [3.63, 3.8) is 0 Å². The zero-order valence-electron chi connectivity index (χ0n) is 20.6. The van der Waals surface area contributed by atoms with Crippen LogP contribution in [0.25, 0.3) is 0 Å². The minimum absolute atomic E-state index is 0.0136. The van der Waals surface area contributed by atoms with E-state index < -0.39 is 17.5 Å². The van der Waals surface area contributed by atoms with Crippen molar-refractivity contribution in [3.05, 3.63) is 35.2 Å². The van der Waals surface area contributed by atoms with Crippen LogP contribution in [0.3, 0.4) is 0 Å². The fourth-order valence-electron chi connectivity index (χ4n) is 5.19. The molecular formula is C25H32F2N4O4. The number of nitrogens with zero attached hydrogens (tertiary/aromatic N) is 3. The van der Waals surface area contributed by atoms with Gasteiger partial charge < -0.3 is 29.0 Å². The molecule has 2 unspecified atom stereocenters. The van der Waals surface area contributed by atoms with E-state index in [0.717, 1.165) is 31.4 Å². The molecule has 2 aromatic rings. The molecule has 35 heavy (non-hydrogen) atoms. The number of amides is 1. The van der Waals surface area contributed by atoms with E-state index in [0.29, 0.717) is 43.2 Å². The molecule has 190 valence electrons. The predicted molar refractivity (Wildman–Crippen MR) is 126 cm³/mol. The topological polar surface area (TPSA) is 80.1 Å². The smallest absolute Gasteiger partial charge is 0.298 e. The summed E-state index contributed by atoms with van der Waals surface area (Å²) in [5.74, 6) is -1.03. The van der Waals surface area contributed by atoms with Gasteiger partial charge >= 0.3 is 0 Å². The number of hydrogen-bond acceptors (Lipinski definition) is 7. The van der Waals surface area contributed by atoms with Gasteiger partial charge in [0, 0.05) is 24.9 Å². The number of benzene rings is 1. The average molecular weight is 491 g/mol. The van der Waals surface area contributed by atoms with E-state index in [1.54, 1.807) is 7.11 Å². The van der Waals surface area contributed by atoms with Crippen molar-refractivity contribution >= 4 is 17.6 Å². The monoisotopic (exact) mass is 490 g/mol. The maximum atomic E-state index is 14.7. The second kappa shape index (κ2) is 9.05. The molecule has 3 fully saturated rings. The number of nitrogens with one attached hydrogen (secondary N) is 1. The van der Waals surface area contributed by atoms with E-state index >= 15 is 0 Å². The van der Waals surface area contributed by atoms with Crippen molar-refractivity contribution in [1.29, 1.82) is 0 Å². The fourth-order valence-corrected chi connectivity index (χ4v) is 5.19. The summed E-state index contributed by atoms with van der Waals surface area (Å²) in [7, 11) is 5.37. The molecule has 3 aliphatic rings. The minimum atomic E-state index is -0.841. The van der Waals surface area contributed by atoms with Crippen molar-refractivity contribution in [3.8, 4) is 5.75 Å². The maximum absolute atomic E-state index is 14.7. The highest BCUT2D eigenvalue weighted by molar-refractivity contribution is 6.03. The van der Waals surface area contributed by atoms with Gasteiger partial charge in [-0.15, -0.1) is 0 Å². The van der Waals surface area contributed by atoms with E-state index in [1.165, 1.54) is 6.42 Å². The van der Waals surface area contributed by atoms with Gasteiger partial charge in [0.25, 0.3) is 11.9 Å². The van der Waals surface area contributed by atoms with Crippen molar-refractivity contribution in [2.75, 3.05) is 44.5 Å². The molecule has 1 amide bonds. The largest absolute Gasteiger partial charge is 0.484 e. The molecular weight excluding hydrogens is 458 g/mol. The van der Waals surface area contributed by atoms with E-state index in [4.69, 9.17) is 13.9 Å². The summed E-state index contributed by atoms with van der Waals surface area (Å²) in [5, 5.41) is 2.56. The van der Waals surface area contributed by atoms with Crippen molar-refractivity contribution < 1.29 is 27.5 Å². The Balaban J connectivity index is 1.31. The highest BCUT2D eigenvalue weighted by Gasteiger charge is 2.47. The van der Waals surface area contributed by atoms with Crippen LogP contribution in [0, 0.1) is 23.5 Å². The Hall–Kier alpha value is -2.72. The molecule has 10 heteroatoms. The molecule has 0 radical (unpaired) electrons. The van der Waals surface area contributed by atoms with Crippen molar-refractivity contribution in [2.45, 2.75) is 50.9 Å². The second-order valence-corrected chi connectivity index (χ2v) is 10.3. The Morgan fingerprint density at radius 3 is 2.46 bits per heavy atom. The van der Waals surface area contributed by atoms with Crippen molar-refractivity contribution in [1.82, 2.24) is 9.88 Å². The third kappa shape index (κ3) is 4.73. The number of fused-ring (bicyclic) bond motifs is 1. The Morgan fingerprint density at radius 2 is 1.89 bits per heavy atom. The Morgan fingerprint density at radius 1 is 1.23 bits per heavy atom. The Bertz CT molecular complexity index is 1080. The standard InChI is InChI=1S/C25H32F2N4O4/c1-5-25(33-4)12-31(13-25)24-29-21(20(35-24)11-30(2)3)23(32)28-16-9-18(26)22(19(27)10-16)34-17-7-14-6-15(14)8-17/h9-10,14-15,17H,5-8,11-13H2,1-4H3,(H,28,32)/t14-,15?,17?/m0/s1. The van der Waals surface area contributed by atoms with Crippen LogP contribution < -0.4 is 15.0 Å². The first-order valence-electron chi connectivity index (χ1n) is 12.1. The number of anilines is 2. The van der Waals surface area contributed by atoms with E-state index in [2.05, 4.69) is 17.2 Å². The second-order valence-electron chi connectivity index (χ2n) is 10.3. The van der Waals surface area contributed by atoms with Gasteiger partial charge in [-0.2, -0.15) is 4.98 Å². The van der Waals surface area contributed by atoms with Gasteiger partial charge in [0.2, 0.25) is 0 Å². The first-order chi connectivity index (χ1) is 16.7. The van der Waals surface area contributed by atoms with Gasteiger partial charge in [0.05, 0.1) is 25.7 Å². The number of oxazole rings is 1. The lowest BCUT2D eigenvalue weighted by Crippen LogP contribution is -2.62. The van der Waals surface area contributed by atoms with Gasteiger partial charge in [0.1, 0.15) is 5.60 Å². The highest BCUT2D eigenvalue weighted by Crippen LogP contribution is 2.52. The van der Waals surface area contributed by atoms with Crippen LogP contribution in [0.4, 0.5) is 20.5 Å². The van der Waals surface area contributed by atoms with Crippen LogP contribution in [0.15, 0.2) is 16.5 Å².